The predicted octanol–water partition coefficient (Wildman–Crippen LogP) is 1.61. The van der Waals surface area contributed by atoms with Gasteiger partial charge in [-0.2, -0.15) is 0 Å². The molecule has 0 atom stereocenters. The Morgan fingerprint density at radius 3 is 1.17 bits per heavy atom. The molecule has 1 N–H and O–H groups in total. The molecule has 0 fully saturated rings. The van der Waals surface area contributed by atoms with Crippen molar-refractivity contribution in [1.29, 1.82) is 0 Å². The van der Waals surface area contributed by atoms with Crippen LogP contribution in [0.15, 0.2) is 0 Å². The largest absolute Gasteiger partial charge is 1.00 e. The predicted molar refractivity (Wildman–Crippen MR) is 92.7 cm³/mol. The van der Waals surface area contributed by atoms with Gasteiger partial charge in [0.25, 0.3) is 0 Å². The number of aliphatic hydroxyl groups excluding tert-OH is 1. The van der Waals surface area contributed by atoms with Crippen LogP contribution in [-0.2, 0) is 4.79 Å². The maximum Gasteiger partial charge on any atom is 1.00 e. The minimum Gasteiger partial charge on any atom is -0.550 e. The number of aliphatic carboxylic acids is 1. The summed E-state index contributed by atoms with van der Waals surface area (Å²) in [6.45, 7) is 2.27. The quantitative estimate of drug-likeness (QED) is 0.338. The van der Waals surface area contributed by atoms with Crippen molar-refractivity contribution in [1.82, 2.24) is 0 Å². The smallest absolute Gasteiger partial charge is 0.550 e. The molecule has 0 rings (SSSR count). The first kappa shape index (κ1) is 28.9. The molecule has 0 saturated heterocycles. The van der Waals surface area contributed by atoms with Crippen LogP contribution in [0.3, 0.4) is 0 Å². The van der Waals surface area contributed by atoms with E-state index in [-0.39, 0.29) is 57.8 Å². The van der Waals surface area contributed by atoms with Crippen LogP contribution < -0.4 is 56.5 Å². The van der Waals surface area contributed by atoms with Crippen molar-refractivity contribution in [3.05, 3.63) is 0 Å². The van der Waals surface area contributed by atoms with Crippen molar-refractivity contribution in [3.8, 4) is 0 Å². The third-order valence-corrected chi connectivity index (χ3v) is 3.98. The molecule has 0 aromatic carbocycles. The summed E-state index contributed by atoms with van der Waals surface area (Å²) < 4.78 is 0. The van der Waals surface area contributed by atoms with Crippen LogP contribution in [0.4, 0.5) is 0 Å². The second-order valence-corrected chi connectivity index (χ2v) is 6.07. The van der Waals surface area contributed by atoms with Gasteiger partial charge >= 0.3 is 51.4 Å². The number of carbonyl (C=O) groups is 1. The molecule has 0 radical (unpaired) electrons. The van der Waals surface area contributed by atoms with Crippen LogP contribution in [0.2, 0.25) is 0 Å². The van der Waals surface area contributed by atoms with E-state index < -0.39 is 5.97 Å². The summed E-state index contributed by atoms with van der Waals surface area (Å²) in [7, 11) is 1.00. The Kier molecular flexibility index (Phi) is 35.0. The number of unbranched alkanes of at least 4 members (excludes halogenated alkanes) is 14. The van der Waals surface area contributed by atoms with Crippen molar-refractivity contribution >= 4 is 5.97 Å². The average molecular weight is 355 g/mol. The minimum atomic E-state index is -0.903. The van der Waals surface area contributed by atoms with Gasteiger partial charge in [0.1, 0.15) is 0 Å². The fourth-order valence-electron chi connectivity index (χ4n) is 2.64. The molecule has 0 heterocycles. The summed E-state index contributed by atoms with van der Waals surface area (Å²) in [6.07, 6.45) is 19.9. The Balaban J connectivity index is -0.00000128. The zero-order valence-corrected chi connectivity index (χ0v) is 19.2. The summed E-state index contributed by atoms with van der Waals surface area (Å²) in [4.78, 5) is 10.2. The van der Waals surface area contributed by atoms with Crippen LogP contribution in [-0.4, -0.2) is 18.2 Å². The van der Waals surface area contributed by atoms with Gasteiger partial charge in [0, 0.05) is 13.1 Å². The van der Waals surface area contributed by atoms with Crippen LogP contribution in [0, 0.1) is 0 Å². The van der Waals surface area contributed by atoms with Crippen molar-refractivity contribution in [3.63, 3.8) is 0 Å². The van der Waals surface area contributed by atoms with E-state index in [0.29, 0.717) is 0 Å². The maximum atomic E-state index is 10.2. The van der Waals surface area contributed by atoms with E-state index in [1.165, 1.54) is 83.5 Å². The molecule has 0 aliphatic rings. The Hall–Kier alpha value is 1.07. The molecular formula is C19H39KO3. The van der Waals surface area contributed by atoms with E-state index >= 15 is 0 Å². The fraction of sp³-hybridized carbons (Fsp3) is 0.947. The van der Waals surface area contributed by atoms with E-state index in [0.717, 1.165) is 20.0 Å². The summed E-state index contributed by atoms with van der Waals surface area (Å²) in [5.74, 6) is -0.903. The first-order valence-electron chi connectivity index (χ1n) is 9.42. The zero-order chi connectivity index (χ0) is 16.9. The van der Waals surface area contributed by atoms with E-state index in [9.17, 15) is 9.90 Å². The molecule has 0 aliphatic carbocycles. The second kappa shape index (κ2) is 27.9. The van der Waals surface area contributed by atoms with Crippen LogP contribution in [0.5, 0.6) is 0 Å². The molecule has 134 valence electrons. The molecule has 0 spiro atoms. The van der Waals surface area contributed by atoms with Crippen LogP contribution in [0.1, 0.15) is 110 Å². The third-order valence-electron chi connectivity index (χ3n) is 3.98. The first-order chi connectivity index (χ1) is 10.8. The summed E-state index contributed by atoms with van der Waals surface area (Å²) in [5, 5.41) is 17.2. The minimum absolute atomic E-state index is 0. The topological polar surface area (TPSA) is 60.4 Å². The zero-order valence-electron chi connectivity index (χ0n) is 16.1. The van der Waals surface area contributed by atoms with E-state index in [2.05, 4.69) is 6.92 Å². The van der Waals surface area contributed by atoms with Gasteiger partial charge in [-0.1, -0.05) is 96.8 Å². The molecule has 0 bridgehead atoms. The number of hydrogen-bond donors (Lipinski definition) is 1. The maximum absolute atomic E-state index is 10.2. The summed E-state index contributed by atoms with van der Waals surface area (Å²) in [6, 6.07) is 0. The molecular weight excluding hydrogens is 315 g/mol. The number of carboxylic acid groups (broad SMARTS) is 1. The van der Waals surface area contributed by atoms with E-state index in [4.69, 9.17) is 5.11 Å². The number of hydrogen-bond acceptors (Lipinski definition) is 3. The number of carbonyl (C=O) groups excluding carboxylic acids is 1. The monoisotopic (exact) mass is 354 g/mol. The number of carboxylic acids is 1. The molecule has 23 heavy (non-hydrogen) atoms. The molecule has 4 heteroatoms. The van der Waals surface area contributed by atoms with Gasteiger partial charge in [-0.25, -0.2) is 0 Å². The Bertz CT molecular complexity index is 211. The summed E-state index contributed by atoms with van der Waals surface area (Å²) in [5.41, 5.74) is 0. The molecule has 0 amide bonds. The van der Waals surface area contributed by atoms with Crippen LogP contribution in [0.25, 0.3) is 0 Å². The van der Waals surface area contributed by atoms with Gasteiger partial charge in [0.05, 0.1) is 0 Å². The van der Waals surface area contributed by atoms with Crippen molar-refractivity contribution < 1.29 is 66.4 Å². The molecule has 0 saturated carbocycles. The first-order valence-corrected chi connectivity index (χ1v) is 9.42. The van der Waals surface area contributed by atoms with Crippen molar-refractivity contribution in [2.24, 2.45) is 0 Å². The number of rotatable bonds is 16. The molecule has 0 unspecified atom stereocenters. The van der Waals surface area contributed by atoms with Crippen molar-refractivity contribution in [2.45, 2.75) is 110 Å². The molecule has 0 aromatic heterocycles. The average Bonchev–Trinajstić information content (AvgIpc) is 2.53. The number of aliphatic hydroxyl groups is 1. The standard InChI is InChI=1S/C18H36O2.CH4O.K/c1-2-3-4-5-6-7-8-9-10-11-12-13-14-15-16-17-18(19)20;1-2;/h2-17H2,1H3,(H,19,20);2H,1H3;/q;;+1/p-1. The van der Waals surface area contributed by atoms with Crippen LogP contribution >= 0.6 is 0 Å². The molecule has 0 aliphatic heterocycles. The second-order valence-electron chi connectivity index (χ2n) is 6.07. The van der Waals surface area contributed by atoms with Gasteiger partial charge in [0.2, 0.25) is 0 Å². The van der Waals surface area contributed by atoms with Gasteiger partial charge in [-0.3, -0.25) is 0 Å². The molecule has 0 aromatic rings. The Morgan fingerprint density at radius 1 is 0.652 bits per heavy atom. The third kappa shape index (κ3) is 31.4. The molecule has 3 nitrogen and oxygen atoms in total. The fourth-order valence-corrected chi connectivity index (χ4v) is 2.64. The van der Waals surface area contributed by atoms with Gasteiger partial charge in [0.15, 0.2) is 0 Å². The Morgan fingerprint density at radius 2 is 0.913 bits per heavy atom. The van der Waals surface area contributed by atoms with E-state index in [1.807, 2.05) is 0 Å². The summed E-state index contributed by atoms with van der Waals surface area (Å²) >= 11 is 0. The van der Waals surface area contributed by atoms with Gasteiger partial charge in [-0.15, -0.1) is 0 Å². The van der Waals surface area contributed by atoms with Crippen molar-refractivity contribution in [2.75, 3.05) is 7.11 Å². The van der Waals surface area contributed by atoms with E-state index in [1.54, 1.807) is 0 Å². The van der Waals surface area contributed by atoms with Gasteiger partial charge in [-0.05, 0) is 12.8 Å². The van der Waals surface area contributed by atoms with Gasteiger partial charge < -0.3 is 15.0 Å². The Labute approximate surface area is 187 Å². The SMILES string of the molecule is CCCCCCCCCCCCCCCCCC(=O)[O-].CO.[K+]. The normalized spacial score (nSPS) is 9.70.